The summed E-state index contributed by atoms with van der Waals surface area (Å²) in [6, 6.07) is 0.150. The summed E-state index contributed by atoms with van der Waals surface area (Å²) in [5.41, 5.74) is 0. The summed E-state index contributed by atoms with van der Waals surface area (Å²) in [5, 5.41) is 8.96. The second kappa shape index (κ2) is 7.92. The SMILES string of the molecule is Cn1c(CN2CCCC2)nnc1[C@H]1CCCN(C(=O)N2CCOCC2)C1. The van der Waals surface area contributed by atoms with Crippen molar-refractivity contribution < 1.29 is 9.53 Å². The molecule has 0 aromatic carbocycles. The molecule has 0 spiro atoms. The van der Waals surface area contributed by atoms with Crippen LogP contribution in [0.4, 0.5) is 4.79 Å². The number of hydrogen-bond donors (Lipinski definition) is 0. The standard InChI is InChI=1S/C18H30N6O2/c1-21-16(14-22-6-2-3-7-22)19-20-17(21)15-5-4-8-24(13-15)18(25)23-9-11-26-12-10-23/h15H,2-14H2,1H3/t15-/m0/s1. The van der Waals surface area contributed by atoms with Crippen molar-refractivity contribution in [3.8, 4) is 0 Å². The van der Waals surface area contributed by atoms with Crippen molar-refractivity contribution in [3.63, 3.8) is 0 Å². The number of morpholine rings is 1. The number of urea groups is 1. The maximum absolute atomic E-state index is 12.8. The fraction of sp³-hybridized carbons (Fsp3) is 0.833. The van der Waals surface area contributed by atoms with Gasteiger partial charge in [0.1, 0.15) is 11.6 Å². The molecular formula is C18H30N6O2. The molecule has 4 rings (SSSR count). The molecule has 0 bridgehead atoms. The number of rotatable bonds is 3. The lowest BCUT2D eigenvalue weighted by Gasteiger charge is -2.37. The summed E-state index contributed by atoms with van der Waals surface area (Å²) in [6.07, 6.45) is 4.66. The van der Waals surface area contributed by atoms with Crippen LogP contribution in [-0.4, -0.2) is 88.0 Å². The number of aromatic nitrogens is 3. The first-order chi connectivity index (χ1) is 12.7. The van der Waals surface area contributed by atoms with Crippen molar-refractivity contribution in [1.29, 1.82) is 0 Å². The maximum atomic E-state index is 12.8. The van der Waals surface area contributed by atoms with E-state index in [0.29, 0.717) is 26.3 Å². The van der Waals surface area contributed by atoms with E-state index < -0.39 is 0 Å². The number of piperidine rings is 1. The number of carbonyl (C=O) groups excluding carboxylic acids is 1. The molecule has 26 heavy (non-hydrogen) atoms. The van der Waals surface area contributed by atoms with Gasteiger partial charge in [0.25, 0.3) is 0 Å². The van der Waals surface area contributed by atoms with Crippen LogP contribution in [0.15, 0.2) is 0 Å². The molecule has 0 N–H and O–H groups in total. The third-order valence-electron chi connectivity index (χ3n) is 5.90. The van der Waals surface area contributed by atoms with E-state index in [9.17, 15) is 4.79 Å². The molecular weight excluding hydrogens is 332 g/mol. The van der Waals surface area contributed by atoms with E-state index in [1.54, 1.807) is 0 Å². The predicted octanol–water partition coefficient (Wildman–Crippen LogP) is 1.04. The van der Waals surface area contributed by atoms with Gasteiger partial charge in [-0.3, -0.25) is 4.90 Å². The minimum atomic E-state index is 0.150. The number of carbonyl (C=O) groups is 1. The van der Waals surface area contributed by atoms with Gasteiger partial charge in [-0.15, -0.1) is 10.2 Å². The zero-order valence-electron chi connectivity index (χ0n) is 15.8. The van der Waals surface area contributed by atoms with Crippen molar-refractivity contribution in [3.05, 3.63) is 11.6 Å². The van der Waals surface area contributed by atoms with Gasteiger partial charge in [-0.25, -0.2) is 4.79 Å². The van der Waals surface area contributed by atoms with Crippen molar-refractivity contribution >= 4 is 6.03 Å². The lowest BCUT2D eigenvalue weighted by molar-refractivity contribution is 0.0407. The van der Waals surface area contributed by atoms with Crippen molar-refractivity contribution in [1.82, 2.24) is 29.5 Å². The Morgan fingerprint density at radius 2 is 1.81 bits per heavy atom. The van der Waals surface area contributed by atoms with Crippen LogP contribution in [0.1, 0.15) is 43.3 Å². The minimum Gasteiger partial charge on any atom is -0.378 e. The van der Waals surface area contributed by atoms with Gasteiger partial charge in [0.05, 0.1) is 19.8 Å². The summed E-state index contributed by atoms with van der Waals surface area (Å²) in [5.74, 6) is 2.34. The highest BCUT2D eigenvalue weighted by atomic mass is 16.5. The molecule has 144 valence electrons. The molecule has 3 aliphatic heterocycles. The average Bonchev–Trinajstić information content (AvgIpc) is 3.33. The van der Waals surface area contributed by atoms with E-state index in [2.05, 4.69) is 26.7 Å². The molecule has 4 heterocycles. The number of likely N-dealkylation sites (tertiary alicyclic amines) is 2. The van der Waals surface area contributed by atoms with Crippen LogP contribution in [0.3, 0.4) is 0 Å². The highest BCUT2D eigenvalue weighted by Gasteiger charge is 2.31. The van der Waals surface area contributed by atoms with Gasteiger partial charge in [0.15, 0.2) is 0 Å². The largest absolute Gasteiger partial charge is 0.378 e. The zero-order valence-corrected chi connectivity index (χ0v) is 15.8. The molecule has 3 saturated heterocycles. The molecule has 0 saturated carbocycles. The Morgan fingerprint density at radius 3 is 2.58 bits per heavy atom. The van der Waals surface area contributed by atoms with Gasteiger partial charge < -0.3 is 19.1 Å². The average molecular weight is 362 g/mol. The third kappa shape index (κ3) is 3.71. The molecule has 8 nitrogen and oxygen atoms in total. The van der Waals surface area contributed by atoms with E-state index in [4.69, 9.17) is 4.74 Å². The van der Waals surface area contributed by atoms with Crippen molar-refractivity contribution in [2.75, 3.05) is 52.5 Å². The number of hydrogen-bond acceptors (Lipinski definition) is 5. The quantitative estimate of drug-likeness (QED) is 0.804. The van der Waals surface area contributed by atoms with Crippen LogP contribution in [0.25, 0.3) is 0 Å². The van der Waals surface area contributed by atoms with Gasteiger partial charge in [-0.1, -0.05) is 0 Å². The first kappa shape index (κ1) is 17.7. The summed E-state index contributed by atoms with van der Waals surface area (Å²) in [6.45, 7) is 7.47. The van der Waals surface area contributed by atoms with Crippen LogP contribution in [0.2, 0.25) is 0 Å². The molecule has 0 unspecified atom stereocenters. The second-order valence-corrected chi connectivity index (χ2v) is 7.68. The Balaban J connectivity index is 1.41. The van der Waals surface area contributed by atoms with E-state index in [-0.39, 0.29) is 11.9 Å². The van der Waals surface area contributed by atoms with E-state index in [0.717, 1.165) is 57.2 Å². The fourth-order valence-electron chi connectivity index (χ4n) is 4.33. The zero-order chi connectivity index (χ0) is 17.9. The lowest BCUT2D eigenvalue weighted by Crippen LogP contribution is -2.50. The molecule has 3 fully saturated rings. The predicted molar refractivity (Wildman–Crippen MR) is 96.9 cm³/mol. The Hall–Kier alpha value is -1.67. The topological polar surface area (TPSA) is 66.7 Å². The van der Waals surface area contributed by atoms with Crippen molar-refractivity contribution in [2.24, 2.45) is 7.05 Å². The summed E-state index contributed by atoms with van der Waals surface area (Å²) in [4.78, 5) is 19.2. The van der Waals surface area contributed by atoms with E-state index >= 15 is 0 Å². The van der Waals surface area contributed by atoms with Gasteiger partial charge in [0.2, 0.25) is 0 Å². The lowest BCUT2D eigenvalue weighted by atomic mass is 9.97. The Labute approximate surface area is 155 Å². The summed E-state index contributed by atoms with van der Waals surface area (Å²) < 4.78 is 7.52. The van der Waals surface area contributed by atoms with Crippen LogP contribution < -0.4 is 0 Å². The Morgan fingerprint density at radius 1 is 1.04 bits per heavy atom. The minimum absolute atomic E-state index is 0.150. The number of ether oxygens (including phenoxy) is 1. The van der Waals surface area contributed by atoms with Crippen LogP contribution in [-0.2, 0) is 18.3 Å². The summed E-state index contributed by atoms with van der Waals surface area (Å²) in [7, 11) is 2.07. The molecule has 1 aromatic rings. The van der Waals surface area contributed by atoms with Crippen LogP contribution in [0.5, 0.6) is 0 Å². The molecule has 3 aliphatic rings. The van der Waals surface area contributed by atoms with Crippen LogP contribution >= 0.6 is 0 Å². The molecule has 2 amide bonds. The maximum Gasteiger partial charge on any atom is 0.320 e. The second-order valence-electron chi connectivity index (χ2n) is 7.68. The summed E-state index contributed by atoms with van der Waals surface area (Å²) >= 11 is 0. The normalized spacial score (nSPS) is 25.0. The van der Waals surface area contributed by atoms with Gasteiger partial charge in [-0.05, 0) is 38.8 Å². The smallest absolute Gasteiger partial charge is 0.320 e. The first-order valence-corrected chi connectivity index (χ1v) is 9.94. The van der Waals surface area contributed by atoms with Gasteiger partial charge in [0, 0.05) is 39.1 Å². The van der Waals surface area contributed by atoms with E-state index in [1.807, 2.05) is 9.80 Å². The molecule has 1 atom stereocenters. The number of nitrogens with zero attached hydrogens (tertiary/aromatic N) is 6. The van der Waals surface area contributed by atoms with Crippen molar-refractivity contribution in [2.45, 2.75) is 38.1 Å². The molecule has 8 heteroatoms. The van der Waals surface area contributed by atoms with E-state index in [1.165, 1.54) is 12.8 Å². The third-order valence-corrected chi connectivity index (χ3v) is 5.90. The molecule has 0 radical (unpaired) electrons. The Bertz CT molecular complexity index is 621. The number of amides is 2. The highest BCUT2D eigenvalue weighted by molar-refractivity contribution is 5.74. The first-order valence-electron chi connectivity index (χ1n) is 9.94. The Kier molecular flexibility index (Phi) is 5.40. The fourth-order valence-corrected chi connectivity index (χ4v) is 4.33. The van der Waals surface area contributed by atoms with Gasteiger partial charge in [-0.2, -0.15) is 0 Å². The molecule has 1 aromatic heterocycles. The molecule has 0 aliphatic carbocycles. The van der Waals surface area contributed by atoms with Crippen LogP contribution in [0, 0.1) is 0 Å². The van der Waals surface area contributed by atoms with Gasteiger partial charge >= 0.3 is 6.03 Å². The monoisotopic (exact) mass is 362 g/mol. The highest BCUT2D eigenvalue weighted by Crippen LogP contribution is 2.27.